The zero-order valence-corrected chi connectivity index (χ0v) is 12.6. The van der Waals surface area contributed by atoms with Crippen molar-refractivity contribution in [1.82, 2.24) is 0 Å². The summed E-state index contributed by atoms with van der Waals surface area (Å²) in [6.07, 6.45) is 0. The van der Waals surface area contributed by atoms with Gasteiger partial charge in [0.25, 0.3) is 5.69 Å². The topological polar surface area (TPSA) is 76.4 Å². The lowest BCUT2D eigenvalue weighted by Gasteiger charge is -2.13. The average Bonchev–Trinajstić information content (AvgIpc) is 2.50. The van der Waals surface area contributed by atoms with Crippen molar-refractivity contribution >= 4 is 34.4 Å². The third-order valence-electron chi connectivity index (χ3n) is 2.82. The molecule has 0 aliphatic heterocycles. The third-order valence-corrected chi connectivity index (χ3v) is 3.03. The van der Waals surface area contributed by atoms with Crippen LogP contribution < -0.4 is 15.4 Å². The molecule has 0 unspecified atom stereocenters. The molecule has 6 nitrogen and oxygen atoms in total. The molecule has 0 radical (unpaired) electrons. The van der Waals surface area contributed by atoms with E-state index >= 15 is 0 Å². The van der Waals surface area contributed by atoms with Crippen molar-refractivity contribution in [2.24, 2.45) is 0 Å². The van der Waals surface area contributed by atoms with Gasteiger partial charge in [0.2, 0.25) is 0 Å². The van der Waals surface area contributed by atoms with Crippen LogP contribution in [0.15, 0.2) is 36.4 Å². The minimum atomic E-state index is -0.801. The van der Waals surface area contributed by atoms with Gasteiger partial charge in [0.1, 0.15) is 17.4 Å². The second-order valence-electron chi connectivity index (χ2n) is 4.34. The molecule has 2 N–H and O–H groups in total. The van der Waals surface area contributed by atoms with Gasteiger partial charge in [0.05, 0.1) is 29.5 Å². The Morgan fingerprint density at radius 1 is 1.17 bits per heavy atom. The molecule has 0 aliphatic rings. The summed E-state index contributed by atoms with van der Waals surface area (Å²) in [5.41, 5.74) is 0.207. The summed E-state index contributed by atoms with van der Waals surface area (Å²) in [6, 6.07) is 6.91. The van der Waals surface area contributed by atoms with Crippen LogP contribution in [-0.4, -0.2) is 17.1 Å². The maximum absolute atomic E-state index is 13.5. The summed E-state index contributed by atoms with van der Waals surface area (Å²) in [5.74, 6) is -1.31. The lowest BCUT2D eigenvalue weighted by atomic mass is 10.2. The Morgan fingerprint density at radius 3 is 2.43 bits per heavy atom. The van der Waals surface area contributed by atoms with Gasteiger partial charge in [-0.3, -0.25) is 10.1 Å². The van der Waals surface area contributed by atoms with E-state index in [0.717, 1.165) is 12.1 Å². The largest absolute Gasteiger partial charge is 0.494 e. The van der Waals surface area contributed by atoms with Gasteiger partial charge < -0.3 is 15.4 Å². The molecule has 0 bridgehead atoms. The minimum absolute atomic E-state index is 0.00946. The van der Waals surface area contributed by atoms with Crippen LogP contribution in [0.1, 0.15) is 0 Å². The van der Waals surface area contributed by atoms with E-state index in [-0.39, 0.29) is 22.2 Å². The molecule has 0 aromatic heterocycles. The molecule has 0 amide bonds. The molecule has 0 fully saturated rings. The number of anilines is 2. The summed E-state index contributed by atoms with van der Waals surface area (Å²) in [4.78, 5) is 10.2. The summed E-state index contributed by atoms with van der Waals surface area (Å²) in [6.45, 7) is 0. The van der Waals surface area contributed by atoms with Crippen molar-refractivity contribution in [3.05, 3.63) is 58.1 Å². The first-order chi connectivity index (χ1) is 10.9. The second-order valence-corrected chi connectivity index (χ2v) is 4.75. The fraction of sp³-hybridized carbons (Fsp3) is 0.0714. The number of non-ortho nitro benzene ring substituents is 1. The molecule has 23 heavy (non-hydrogen) atoms. The highest BCUT2D eigenvalue weighted by Gasteiger charge is 2.13. The predicted octanol–water partition coefficient (Wildman–Crippen LogP) is 3.69. The molecule has 0 saturated carbocycles. The van der Waals surface area contributed by atoms with Gasteiger partial charge in [-0.2, -0.15) is 0 Å². The Morgan fingerprint density at radius 2 is 1.83 bits per heavy atom. The zero-order valence-electron chi connectivity index (χ0n) is 11.8. The van der Waals surface area contributed by atoms with Crippen LogP contribution in [0.5, 0.6) is 5.75 Å². The van der Waals surface area contributed by atoms with E-state index in [4.69, 9.17) is 17.0 Å². The minimum Gasteiger partial charge on any atom is -0.494 e. The van der Waals surface area contributed by atoms with Crippen LogP contribution in [-0.2, 0) is 0 Å². The van der Waals surface area contributed by atoms with E-state index < -0.39 is 16.6 Å². The summed E-state index contributed by atoms with van der Waals surface area (Å²) >= 11 is 5.03. The van der Waals surface area contributed by atoms with E-state index in [9.17, 15) is 18.9 Å². The maximum Gasteiger partial charge on any atom is 0.273 e. The SMILES string of the molecule is COc1cc([N+](=O)[O-])ccc1NC(=S)Nc1ccc(F)cc1F. The zero-order chi connectivity index (χ0) is 17.0. The van der Waals surface area contributed by atoms with Crippen LogP contribution in [0.4, 0.5) is 25.8 Å². The lowest BCUT2D eigenvalue weighted by molar-refractivity contribution is -0.384. The van der Waals surface area contributed by atoms with Gasteiger partial charge in [-0.05, 0) is 30.4 Å². The van der Waals surface area contributed by atoms with Crippen molar-refractivity contribution in [2.45, 2.75) is 0 Å². The highest BCUT2D eigenvalue weighted by atomic mass is 32.1. The standard InChI is InChI=1S/C14H11F2N3O3S/c1-22-13-7-9(19(20)21)3-5-12(13)18-14(23)17-11-4-2-8(15)6-10(11)16/h2-7H,1H3,(H2,17,18,23). The van der Waals surface area contributed by atoms with Gasteiger partial charge in [0, 0.05) is 12.1 Å². The Kier molecular flexibility index (Phi) is 5.02. The molecule has 2 rings (SSSR count). The van der Waals surface area contributed by atoms with E-state index in [0.29, 0.717) is 5.69 Å². The van der Waals surface area contributed by atoms with Gasteiger partial charge in [0.15, 0.2) is 5.11 Å². The van der Waals surface area contributed by atoms with Crippen molar-refractivity contribution in [3.8, 4) is 5.75 Å². The molecule has 0 aliphatic carbocycles. The predicted molar refractivity (Wildman–Crippen MR) is 85.8 cm³/mol. The Balaban J connectivity index is 2.15. The Hall–Kier alpha value is -2.81. The average molecular weight is 339 g/mol. The fourth-order valence-electron chi connectivity index (χ4n) is 1.76. The number of halogens is 2. The number of benzene rings is 2. The monoisotopic (exact) mass is 339 g/mol. The first kappa shape index (κ1) is 16.6. The number of nitrogens with one attached hydrogen (secondary N) is 2. The highest BCUT2D eigenvalue weighted by molar-refractivity contribution is 7.80. The second kappa shape index (κ2) is 6.97. The number of nitro groups is 1. The fourth-order valence-corrected chi connectivity index (χ4v) is 1.98. The van der Waals surface area contributed by atoms with Gasteiger partial charge in [-0.15, -0.1) is 0 Å². The molecule has 2 aromatic rings. The molecule has 0 atom stereocenters. The number of nitrogens with zero attached hydrogens (tertiary/aromatic N) is 1. The molecule has 0 saturated heterocycles. The number of methoxy groups -OCH3 is 1. The van der Waals surface area contributed by atoms with Crippen molar-refractivity contribution in [1.29, 1.82) is 0 Å². The van der Waals surface area contributed by atoms with E-state index in [2.05, 4.69) is 10.6 Å². The smallest absolute Gasteiger partial charge is 0.273 e. The highest BCUT2D eigenvalue weighted by Crippen LogP contribution is 2.29. The van der Waals surface area contributed by atoms with Crippen molar-refractivity contribution in [2.75, 3.05) is 17.7 Å². The molecule has 0 heterocycles. The van der Waals surface area contributed by atoms with Crippen LogP contribution in [0.25, 0.3) is 0 Å². The van der Waals surface area contributed by atoms with Crippen molar-refractivity contribution in [3.63, 3.8) is 0 Å². The third kappa shape index (κ3) is 4.10. The lowest BCUT2D eigenvalue weighted by Crippen LogP contribution is -2.20. The van der Waals surface area contributed by atoms with E-state index in [1.54, 1.807) is 0 Å². The number of hydrogen-bond donors (Lipinski definition) is 2. The summed E-state index contributed by atoms with van der Waals surface area (Å²) < 4.78 is 31.4. The molecular formula is C14H11F2N3O3S. The van der Waals surface area contributed by atoms with E-state index in [1.807, 2.05) is 0 Å². The van der Waals surface area contributed by atoms with Crippen LogP contribution in [0.3, 0.4) is 0 Å². The molecular weight excluding hydrogens is 328 g/mol. The summed E-state index contributed by atoms with van der Waals surface area (Å²) in [7, 11) is 1.35. The van der Waals surface area contributed by atoms with E-state index in [1.165, 1.54) is 31.4 Å². The molecule has 0 spiro atoms. The maximum atomic E-state index is 13.5. The quantitative estimate of drug-likeness (QED) is 0.503. The first-order valence-electron chi connectivity index (χ1n) is 6.26. The van der Waals surface area contributed by atoms with Crippen LogP contribution >= 0.6 is 12.2 Å². The number of rotatable bonds is 4. The summed E-state index contributed by atoms with van der Waals surface area (Å²) in [5, 5.41) is 16.0. The van der Waals surface area contributed by atoms with Gasteiger partial charge in [-0.25, -0.2) is 8.78 Å². The van der Waals surface area contributed by atoms with Crippen molar-refractivity contribution < 1.29 is 18.4 Å². The number of ether oxygens (including phenoxy) is 1. The van der Waals surface area contributed by atoms with Gasteiger partial charge >= 0.3 is 0 Å². The van der Waals surface area contributed by atoms with Crippen LogP contribution in [0, 0.1) is 21.7 Å². The van der Waals surface area contributed by atoms with Crippen LogP contribution in [0.2, 0.25) is 0 Å². The number of thiocarbonyl (C=S) groups is 1. The molecule has 120 valence electrons. The van der Waals surface area contributed by atoms with Gasteiger partial charge in [-0.1, -0.05) is 0 Å². The Labute approximate surface area is 135 Å². The molecule has 9 heteroatoms. The molecule has 2 aromatic carbocycles. The Bertz CT molecular complexity index is 771. The first-order valence-corrected chi connectivity index (χ1v) is 6.67. The normalized spacial score (nSPS) is 10.0. The number of hydrogen-bond acceptors (Lipinski definition) is 4. The number of nitro benzene ring substituents is 1.